The maximum Gasteiger partial charge on any atom is 0.353 e. The molecule has 7 atom stereocenters. The van der Waals surface area contributed by atoms with Gasteiger partial charge in [-0.15, -0.1) is 11.8 Å². The fourth-order valence-corrected chi connectivity index (χ4v) is 7.84. The van der Waals surface area contributed by atoms with Crippen molar-refractivity contribution in [1.82, 2.24) is 20.4 Å². The first-order valence-corrected chi connectivity index (χ1v) is 15.0. The van der Waals surface area contributed by atoms with Crippen LogP contribution in [-0.4, -0.2) is 100.0 Å². The van der Waals surface area contributed by atoms with Gasteiger partial charge in [-0.3, -0.25) is 19.2 Å². The summed E-state index contributed by atoms with van der Waals surface area (Å²) in [6, 6.07) is 4.59. The Bertz CT molecular complexity index is 1380. The minimum atomic E-state index is -3.23. The molecule has 12 nitrogen and oxygen atoms in total. The van der Waals surface area contributed by atoms with Crippen LogP contribution in [0.2, 0.25) is 0 Å². The number of halogens is 2. The predicted molar refractivity (Wildman–Crippen MR) is 153 cm³/mol. The molecule has 0 radical (unpaired) electrons. The van der Waals surface area contributed by atoms with E-state index in [0.717, 1.165) is 6.42 Å². The molecule has 4 aliphatic rings. The van der Waals surface area contributed by atoms with E-state index < -0.39 is 54.2 Å². The maximum absolute atomic E-state index is 13.1. The van der Waals surface area contributed by atoms with E-state index in [-0.39, 0.29) is 28.8 Å². The van der Waals surface area contributed by atoms with Crippen LogP contribution in [0.4, 0.5) is 14.5 Å². The number of benzene rings is 1. The Kier molecular flexibility index (Phi) is 8.77. The van der Waals surface area contributed by atoms with E-state index in [1.165, 1.54) is 23.6 Å². The van der Waals surface area contributed by atoms with Crippen LogP contribution in [0.25, 0.3) is 0 Å². The quantitative estimate of drug-likeness (QED) is 0.250. The molecule has 3 fully saturated rings. The van der Waals surface area contributed by atoms with Crippen LogP contribution < -0.4 is 21.7 Å². The number of thioether (sulfide) groups is 1. The molecule has 3 saturated heterocycles. The van der Waals surface area contributed by atoms with Crippen molar-refractivity contribution in [3.05, 3.63) is 40.4 Å². The largest absolute Gasteiger partial charge is 0.477 e. The number of carboxylic acid groups (broad SMARTS) is 1. The van der Waals surface area contributed by atoms with Gasteiger partial charge in [0.05, 0.1) is 18.0 Å². The first-order valence-electron chi connectivity index (χ1n) is 14.1. The van der Waals surface area contributed by atoms with E-state index in [2.05, 4.69) is 16.0 Å². The number of aliphatic carboxylic acids is 1. The Hall–Kier alpha value is -3.56. The lowest BCUT2D eigenvalue weighted by atomic mass is 9.78. The van der Waals surface area contributed by atoms with Gasteiger partial charge in [0.25, 0.3) is 11.8 Å². The molecule has 232 valence electrons. The van der Waals surface area contributed by atoms with Crippen molar-refractivity contribution < 1.29 is 37.9 Å². The zero-order valence-electron chi connectivity index (χ0n) is 23.6. The average molecular weight is 621 g/mol. The fraction of sp³-hybridized carbons (Fsp3) is 0.536. The molecule has 0 aromatic heterocycles. The van der Waals surface area contributed by atoms with Crippen molar-refractivity contribution in [2.24, 2.45) is 17.6 Å². The molecular formula is C28H34F2N6O6S. The second-order valence-corrected chi connectivity index (χ2v) is 12.8. The number of alkyl halides is 2. The number of carbonyl (C=O) groups is 5. The van der Waals surface area contributed by atoms with Crippen molar-refractivity contribution in [1.29, 1.82) is 0 Å². The number of hydrogen-bond donors (Lipinski definition) is 5. The summed E-state index contributed by atoms with van der Waals surface area (Å²) in [5, 5.41) is 17.9. The summed E-state index contributed by atoms with van der Waals surface area (Å²) in [5.41, 5.74) is 6.69. The lowest BCUT2D eigenvalue weighted by Crippen LogP contribution is -2.66. The van der Waals surface area contributed by atoms with E-state index in [1.807, 2.05) is 0 Å². The zero-order valence-corrected chi connectivity index (χ0v) is 24.4. The number of hydrogen-bond acceptors (Lipinski definition) is 8. The molecule has 5 rings (SSSR count). The second kappa shape index (κ2) is 12.2. The minimum Gasteiger partial charge on any atom is -0.477 e. The molecule has 43 heavy (non-hydrogen) atoms. The van der Waals surface area contributed by atoms with Gasteiger partial charge in [0, 0.05) is 59.0 Å². The summed E-state index contributed by atoms with van der Waals surface area (Å²) < 4.78 is 25.5. The van der Waals surface area contributed by atoms with Crippen molar-refractivity contribution in [2.45, 2.75) is 62.5 Å². The smallest absolute Gasteiger partial charge is 0.353 e. The predicted octanol–water partition coefficient (Wildman–Crippen LogP) is 0.805. The summed E-state index contributed by atoms with van der Waals surface area (Å²) in [6.07, 6.45) is -2.10. The standard InChI is InChI=1S/C28H34F2N6O6S/c1-12-20-19(13(2)33-25(38)23(29)30)27(40)36(20)21(28(41)42)22(12)43-17-9-18(32-10-17)24(37)34-16-5-3-4-14(8-16)26(39)35-7-6-15(31)11-35/h3-5,8,12-13,15,17-20,23,32H,6-7,9-11,31H2,1-2H3,(H,33,38)(H,34,37)(H,41,42)/t12-,13-,15+,17+,18+,19-,20-/m1/s1. The van der Waals surface area contributed by atoms with Crippen LogP contribution >= 0.6 is 11.8 Å². The van der Waals surface area contributed by atoms with Crippen molar-refractivity contribution in [3.8, 4) is 0 Å². The van der Waals surface area contributed by atoms with E-state index >= 15 is 0 Å². The van der Waals surface area contributed by atoms with Gasteiger partial charge >= 0.3 is 12.4 Å². The molecule has 6 N–H and O–H groups in total. The first-order chi connectivity index (χ1) is 20.4. The first kappa shape index (κ1) is 30.9. The number of nitrogens with one attached hydrogen (secondary N) is 3. The third kappa shape index (κ3) is 5.97. The van der Waals surface area contributed by atoms with E-state index in [0.29, 0.717) is 42.2 Å². The summed E-state index contributed by atoms with van der Waals surface area (Å²) in [5.74, 6) is -5.01. The lowest BCUT2D eigenvalue weighted by Gasteiger charge is -2.47. The van der Waals surface area contributed by atoms with E-state index in [9.17, 15) is 37.9 Å². The Morgan fingerprint density at radius 1 is 1.23 bits per heavy atom. The molecule has 0 aliphatic carbocycles. The molecule has 1 aromatic carbocycles. The van der Waals surface area contributed by atoms with Crippen molar-refractivity contribution >= 4 is 47.0 Å². The molecule has 4 amide bonds. The van der Waals surface area contributed by atoms with Gasteiger partial charge in [0.15, 0.2) is 0 Å². The number of amides is 4. The van der Waals surface area contributed by atoms with Gasteiger partial charge in [0.1, 0.15) is 5.70 Å². The lowest BCUT2D eigenvalue weighted by molar-refractivity contribution is -0.159. The van der Waals surface area contributed by atoms with Gasteiger partial charge in [-0.1, -0.05) is 13.0 Å². The summed E-state index contributed by atoms with van der Waals surface area (Å²) in [6.45, 7) is 4.70. The Balaban J connectivity index is 1.21. The van der Waals surface area contributed by atoms with Crippen LogP contribution in [0, 0.1) is 11.8 Å². The second-order valence-electron chi connectivity index (χ2n) is 11.4. The van der Waals surface area contributed by atoms with Crippen LogP contribution in [0.1, 0.15) is 37.0 Å². The third-order valence-electron chi connectivity index (χ3n) is 8.49. The highest BCUT2D eigenvalue weighted by atomic mass is 32.2. The van der Waals surface area contributed by atoms with Crippen LogP contribution in [-0.2, 0) is 19.2 Å². The summed E-state index contributed by atoms with van der Waals surface area (Å²) in [7, 11) is 0. The Morgan fingerprint density at radius 3 is 2.63 bits per heavy atom. The molecule has 0 spiro atoms. The molecule has 4 heterocycles. The van der Waals surface area contributed by atoms with Gasteiger partial charge < -0.3 is 36.6 Å². The van der Waals surface area contributed by atoms with Crippen molar-refractivity contribution in [2.75, 3.05) is 25.0 Å². The number of fused-ring (bicyclic) bond motifs is 1. The normalized spacial score (nSPS) is 29.0. The maximum atomic E-state index is 13.1. The number of nitrogens with zero attached hydrogens (tertiary/aromatic N) is 2. The highest BCUT2D eigenvalue weighted by Gasteiger charge is 2.60. The van der Waals surface area contributed by atoms with E-state index in [1.54, 1.807) is 36.1 Å². The highest BCUT2D eigenvalue weighted by molar-refractivity contribution is 8.03. The van der Waals surface area contributed by atoms with Gasteiger partial charge in [0.2, 0.25) is 11.8 Å². The average Bonchev–Trinajstić information content (AvgIpc) is 3.66. The molecule has 0 unspecified atom stereocenters. The SMILES string of the molecule is C[C@@H](NC(=O)C(F)F)[C@H]1C(=O)N2C(C(=O)O)=C(S[C@@H]3CN[C@H](C(=O)Nc4cccc(C(=O)N5CC[C@H](N)C5)c4)C3)[C@H](C)[C@H]12. The Morgan fingerprint density at radius 2 is 1.98 bits per heavy atom. The van der Waals surface area contributed by atoms with Crippen LogP contribution in [0.5, 0.6) is 0 Å². The number of β-lactam (4-membered cyclic amide) rings is 1. The number of carboxylic acids is 1. The van der Waals surface area contributed by atoms with Gasteiger partial charge in [-0.25, -0.2) is 4.79 Å². The number of nitrogens with two attached hydrogens (primary N) is 1. The topological polar surface area (TPSA) is 174 Å². The highest BCUT2D eigenvalue weighted by Crippen LogP contribution is 2.51. The fourth-order valence-electron chi connectivity index (χ4n) is 6.36. The van der Waals surface area contributed by atoms with Crippen LogP contribution in [0.15, 0.2) is 34.9 Å². The zero-order chi connectivity index (χ0) is 31.2. The molecule has 4 aliphatic heterocycles. The summed E-state index contributed by atoms with van der Waals surface area (Å²) in [4.78, 5) is 65.9. The molecule has 1 aromatic rings. The third-order valence-corrected chi connectivity index (χ3v) is 10.00. The van der Waals surface area contributed by atoms with Crippen molar-refractivity contribution in [3.63, 3.8) is 0 Å². The number of likely N-dealkylation sites (tertiary alicyclic amines) is 1. The minimum absolute atomic E-state index is 0.0425. The molecular weight excluding hydrogens is 586 g/mol. The monoisotopic (exact) mass is 620 g/mol. The van der Waals surface area contributed by atoms with Gasteiger partial charge in [-0.2, -0.15) is 8.78 Å². The van der Waals surface area contributed by atoms with E-state index in [4.69, 9.17) is 5.73 Å². The molecule has 0 bridgehead atoms. The Labute approximate surface area is 250 Å². The molecule has 15 heteroatoms. The number of anilines is 1. The number of carbonyl (C=O) groups excluding carboxylic acids is 4. The number of rotatable bonds is 9. The van der Waals surface area contributed by atoms with Crippen LogP contribution in [0.3, 0.4) is 0 Å². The summed E-state index contributed by atoms with van der Waals surface area (Å²) >= 11 is 1.28. The van der Waals surface area contributed by atoms with Gasteiger partial charge in [-0.05, 0) is 38.0 Å². The molecule has 0 saturated carbocycles.